The second-order valence-corrected chi connectivity index (χ2v) is 7.18. The maximum Gasteiger partial charge on any atom is 0.321 e. The SMILES string of the molecule is CC(=O)Oc1cccc(NC(=O)N2CCN(S(C)(=O)=O)CC2)c1. The van der Waals surface area contributed by atoms with Crippen LogP contribution in [0.15, 0.2) is 24.3 Å². The Hall–Kier alpha value is -2.13. The number of benzene rings is 1. The highest BCUT2D eigenvalue weighted by Crippen LogP contribution is 2.18. The standard InChI is InChI=1S/C14H19N3O5S/c1-11(18)22-13-5-3-4-12(10-13)15-14(19)16-6-8-17(9-7-16)23(2,20)21/h3-5,10H,6-9H2,1-2H3,(H,15,19). The lowest BCUT2D eigenvalue weighted by atomic mass is 10.3. The second-order valence-electron chi connectivity index (χ2n) is 5.20. The summed E-state index contributed by atoms with van der Waals surface area (Å²) in [5, 5.41) is 2.71. The molecule has 0 aromatic heterocycles. The third-order valence-electron chi connectivity index (χ3n) is 3.34. The van der Waals surface area contributed by atoms with Crippen molar-refractivity contribution in [2.75, 3.05) is 37.8 Å². The van der Waals surface area contributed by atoms with Gasteiger partial charge in [-0.2, -0.15) is 4.31 Å². The van der Waals surface area contributed by atoms with Crippen molar-refractivity contribution < 1.29 is 22.7 Å². The lowest BCUT2D eigenvalue weighted by molar-refractivity contribution is -0.131. The number of urea groups is 1. The number of nitrogens with zero attached hydrogens (tertiary/aromatic N) is 2. The molecule has 1 fully saturated rings. The van der Waals surface area contributed by atoms with Gasteiger partial charge in [0.05, 0.1) is 6.26 Å². The van der Waals surface area contributed by atoms with Gasteiger partial charge in [0.2, 0.25) is 10.0 Å². The summed E-state index contributed by atoms with van der Waals surface area (Å²) < 4.78 is 29.2. The predicted molar refractivity (Wildman–Crippen MR) is 84.8 cm³/mol. The topological polar surface area (TPSA) is 96.0 Å². The number of hydrogen-bond donors (Lipinski definition) is 1. The number of piperazine rings is 1. The highest BCUT2D eigenvalue weighted by Gasteiger charge is 2.26. The van der Waals surface area contributed by atoms with Crippen molar-refractivity contribution in [2.24, 2.45) is 0 Å². The molecular formula is C14H19N3O5S. The third-order valence-corrected chi connectivity index (χ3v) is 4.64. The Labute approximate surface area is 135 Å². The van der Waals surface area contributed by atoms with E-state index in [-0.39, 0.29) is 19.1 Å². The van der Waals surface area contributed by atoms with Crippen LogP contribution in [0.1, 0.15) is 6.92 Å². The van der Waals surface area contributed by atoms with Gasteiger partial charge in [-0.15, -0.1) is 0 Å². The van der Waals surface area contributed by atoms with E-state index in [0.717, 1.165) is 6.26 Å². The summed E-state index contributed by atoms with van der Waals surface area (Å²) in [6.45, 7) is 2.50. The summed E-state index contributed by atoms with van der Waals surface area (Å²) in [6.07, 6.45) is 1.16. The predicted octanol–water partition coefficient (Wildman–Crippen LogP) is 0.721. The summed E-state index contributed by atoms with van der Waals surface area (Å²) in [7, 11) is -3.22. The van der Waals surface area contributed by atoms with Crippen molar-refractivity contribution in [3.63, 3.8) is 0 Å². The molecule has 126 valence electrons. The smallest absolute Gasteiger partial charge is 0.321 e. The number of carbonyl (C=O) groups is 2. The molecule has 23 heavy (non-hydrogen) atoms. The molecule has 2 rings (SSSR count). The van der Waals surface area contributed by atoms with Crippen LogP contribution in [0.5, 0.6) is 5.75 Å². The average molecular weight is 341 g/mol. The zero-order chi connectivity index (χ0) is 17.0. The Morgan fingerprint density at radius 1 is 1.17 bits per heavy atom. The maximum absolute atomic E-state index is 12.2. The number of nitrogens with one attached hydrogen (secondary N) is 1. The van der Waals surface area contributed by atoms with E-state index >= 15 is 0 Å². The van der Waals surface area contributed by atoms with Gasteiger partial charge in [-0.1, -0.05) is 6.07 Å². The van der Waals surface area contributed by atoms with Gasteiger partial charge in [0.25, 0.3) is 0 Å². The zero-order valence-electron chi connectivity index (χ0n) is 13.0. The van der Waals surface area contributed by atoms with E-state index in [4.69, 9.17) is 4.74 Å². The van der Waals surface area contributed by atoms with Crippen LogP contribution < -0.4 is 10.1 Å². The summed E-state index contributed by atoms with van der Waals surface area (Å²) in [4.78, 5) is 24.7. The van der Waals surface area contributed by atoms with E-state index in [1.807, 2.05) is 0 Å². The minimum atomic E-state index is -3.22. The molecule has 1 aliphatic heterocycles. The zero-order valence-corrected chi connectivity index (χ0v) is 13.8. The fourth-order valence-corrected chi connectivity index (χ4v) is 3.06. The second kappa shape index (κ2) is 6.97. The van der Waals surface area contributed by atoms with E-state index in [1.54, 1.807) is 29.2 Å². The van der Waals surface area contributed by atoms with Gasteiger partial charge in [-0.25, -0.2) is 13.2 Å². The lowest BCUT2D eigenvalue weighted by Crippen LogP contribution is -2.51. The summed E-state index contributed by atoms with van der Waals surface area (Å²) in [5.74, 6) is -0.0948. The van der Waals surface area contributed by atoms with Gasteiger partial charge in [0, 0.05) is 44.9 Å². The highest BCUT2D eigenvalue weighted by atomic mass is 32.2. The van der Waals surface area contributed by atoms with Gasteiger partial charge >= 0.3 is 12.0 Å². The molecule has 2 amide bonds. The first-order chi connectivity index (χ1) is 10.8. The van der Waals surface area contributed by atoms with Crippen LogP contribution in [0.25, 0.3) is 0 Å². The van der Waals surface area contributed by atoms with Crippen molar-refractivity contribution in [3.05, 3.63) is 24.3 Å². The van der Waals surface area contributed by atoms with Gasteiger partial charge in [0.1, 0.15) is 5.75 Å². The van der Waals surface area contributed by atoms with Crippen molar-refractivity contribution in [3.8, 4) is 5.75 Å². The molecule has 1 aromatic carbocycles. The number of esters is 1. The molecule has 0 atom stereocenters. The Morgan fingerprint density at radius 2 is 1.83 bits per heavy atom. The Morgan fingerprint density at radius 3 is 2.39 bits per heavy atom. The number of anilines is 1. The molecule has 0 unspecified atom stereocenters. The summed E-state index contributed by atoms with van der Waals surface area (Å²) in [5.41, 5.74) is 0.499. The van der Waals surface area contributed by atoms with Crippen LogP contribution in [0, 0.1) is 0 Å². The van der Waals surface area contributed by atoms with Gasteiger partial charge in [0.15, 0.2) is 0 Å². The number of rotatable bonds is 3. The molecule has 0 spiro atoms. The molecule has 1 saturated heterocycles. The van der Waals surface area contributed by atoms with Crippen LogP contribution in [-0.2, 0) is 14.8 Å². The number of hydrogen-bond acceptors (Lipinski definition) is 5. The quantitative estimate of drug-likeness (QED) is 0.645. The van der Waals surface area contributed by atoms with Crippen molar-refractivity contribution >= 4 is 27.7 Å². The van der Waals surface area contributed by atoms with E-state index in [9.17, 15) is 18.0 Å². The minimum Gasteiger partial charge on any atom is -0.427 e. The van der Waals surface area contributed by atoms with Crippen LogP contribution in [0.2, 0.25) is 0 Å². The van der Waals surface area contributed by atoms with E-state index in [2.05, 4.69) is 5.32 Å². The van der Waals surface area contributed by atoms with E-state index in [0.29, 0.717) is 24.5 Å². The molecule has 8 nitrogen and oxygen atoms in total. The average Bonchev–Trinajstić information content (AvgIpc) is 2.46. The lowest BCUT2D eigenvalue weighted by Gasteiger charge is -2.33. The molecular weight excluding hydrogens is 322 g/mol. The molecule has 1 N–H and O–H groups in total. The molecule has 1 aliphatic rings. The molecule has 0 saturated carbocycles. The first kappa shape index (κ1) is 17.2. The first-order valence-corrected chi connectivity index (χ1v) is 8.90. The Balaban J connectivity index is 1.94. The third kappa shape index (κ3) is 4.93. The molecule has 0 aliphatic carbocycles. The van der Waals surface area contributed by atoms with Crippen LogP contribution in [-0.4, -0.2) is 62.1 Å². The van der Waals surface area contributed by atoms with Crippen molar-refractivity contribution in [1.82, 2.24) is 9.21 Å². The number of ether oxygens (including phenoxy) is 1. The normalized spacial score (nSPS) is 16.0. The Bertz CT molecular complexity index is 696. The van der Waals surface area contributed by atoms with Crippen LogP contribution in [0.4, 0.5) is 10.5 Å². The first-order valence-electron chi connectivity index (χ1n) is 7.05. The van der Waals surface area contributed by atoms with Gasteiger partial charge < -0.3 is 15.0 Å². The van der Waals surface area contributed by atoms with Crippen LogP contribution >= 0.6 is 0 Å². The van der Waals surface area contributed by atoms with E-state index in [1.165, 1.54) is 11.2 Å². The van der Waals surface area contributed by atoms with Gasteiger partial charge in [-0.3, -0.25) is 4.79 Å². The fraction of sp³-hybridized carbons (Fsp3) is 0.429. The molecule has 1 heterocycles. The van der Waals surface area contributed by atoms with Gasteiger partial charge in [-0.05, 0) is 12.1 Å². The molecule has 9 heteroatoms. The van der Waals surface area contributed by atoms with Crippen LogP contribution in [0.3, 0.4) is 0 Å². The van der Waals surface area contributed by atoms with Crippen molar-refractivity contribution in [1.29, 1.82) is 0 Å². The number of sulfonamides is 1. The Kier molecular flexibility index (Phi) is 5.22. The maximum atomic E-state index is 12.2. The number of amides is 2. The largest absolute Gasteiger partial charge is 0.427 e. The number of carbonyl (C=O) groups excluding carboxylic acids is 2. The monoisotopic (exact) mass is 341 g/mol. The molecule has 1 aromatic rings. The minimum absolute atomic E-state index is 0.278. The fourth-order valence-electron chi connectivity index (χ4n) is 2.23. The highest BCUT2D eigenvalue weighted by molar-refractivity contribution is 7.88. The van der Waals surface area contributed by atoms with Crippen molar-refractivity contribution in [2.45, 2.75) is 6.92 Å². The molecule has 0 radical (unpaired) electrons. The summed E-state index contributed by atoms with van der Waals surface area (Å²) in [6, 6.07) is 6.18. The molecule has 0 bridgehead atoms. The van der Waals surface area contributed by atoms with E-state index < -0.39 is 16.0 Å². The summed E-state index contributed by atoms with van der Waals surface area (Å²) >= 11 is 0.